The van der Waals surface area contributed by atoms with Crippen LogP contribution < -0.4 is 5.73 Å². The molecular formula is C20H15IN4. The first-order valence-corrected chi connectivity index (χ1v) is 9.07. The predicted molar refractivity (Wildman–Crippen MR) is 114 cm³/mol. The molecule has 3 aromatic carbocycles. The highest BCUT2D eigenvalue weighted by atomic mass is 127. The summed E-state index contributed by atoms with van der Waals surface area (Å²) in [4.78, 5) is 12.3. The number of H-pyrrole nitrogens is 1. The van der Waals surface area contributed by atoms with Crippen LogP contribution in [0.2, 0.25) is 0 Å². The fourth-order valence-corrected chi connectivity index (χ4v) is 3.12. The molecule has 0 saturated heterocycles. The Balaban J connectivity index is 1.75. The first kappa shape index (κ1) is 15.8. The SMILES string of the molecule is Nc1cc(-c2ccc3[nH]c(-c4ccccc4)nc3c2)ccc1/N=C/I. The molecule has 4 nitrogen and oxygen atoms in total. The van der Waals surface area contributed by atoms with Gasteiger partial charge in [-0.25, -0.2) is 9.98 Å². The number of imidazole rings is 1. The Morgan fingerprint density at radius 3 is 2.44 bits per heavy atom. The summed E-state index contributed by atoms with van der Waals surface area (Å²) < 4.78 is 1.71. The van der Waals surface area contributed by atoms with Crippen molar-refractivity contribution in [3.8, 4) is 22.5 Å². The molecule has 1 aromatic heterocycles. The molecule has 5 heteroatoms. The van der Waals surface area contributed by atoms with Crippen LogP contribution in [0, 0.1) is 0 Å². The molecule has 0 bridgehead atoms. The number of aliphatic imine (C=N–C) groups is 1. The van der Waals surface area contributed by atoms with Gasteiger partial charge in [-0.2, -0.15) is 0 Å². The van der Waals surface area contributed by atoms with E-state index in [1.165, 1.54) is 0 Å². The number of nitrogens with two attached hydrogens (primary N) is 1. The van der Waals surface area contributed by atoms with E-state index in [1.807, 2.05) is 48.5 Å². The van der Waals surface area contributed by atoms with E-state index in [0.717, 1.165) is 39.2 Å². The van der Waals surface area contributed by atoms with Gasteiger partial charge in [-0.15, -0.1) is 0 Å². The number of nitrogens with zero attached hydrogens (tertiary/aromatic N) is 2. The number of hydrogen-bond acceptors (Lipinski definition) is 3. The minimum atomic E-state index is 0.664. The Kier molecular flexibility index (Phi) is 4.23. The van der Waals surface area contributed by atoms with Gasteiger partial charge < -0.3 is 10.7 Å². The van der Waals surface area contributed by atoms with Crippen molar-refractivity contribution in [1.29, 1.82) is 0 Å². The molecule has 0 fully saturated rings. The zero-order valence-electron chi connectivity index (χ0n) is 13.3. The number of anilines is 1. The van der Waals surface area contributed by atoms with E-state index >= 15 is 0 Å². The van der Waals surface area contributed by atoms with Crippen molar-refractivity contribution >= 4 is 49.2 Å². The molecule has 25 heavy (non-hydrogen) atoms. The Bertz CT molecular complexity index is 1070. The molecule has 4 rings (SSSR count). The molecule has 1 heterocycles. The molecule has 122 valence electrons. The standard InChI is InChI=1S/C20H15IN4/c21-12-23-17-8-6-14(10-16(17)22)15-7-9-18-19(11-15)25-20(24-18)13-4-2-1-3-5-13/h1-12H,22H2,(H,24,25)/b23-12+. The van der Waals surface area contributed by atoms with Gasteiger partial charge in [-0.3, -0.25) is 0 Å². The van der Waals surface area contributed by atoms with Crippen molar-refractivity contribution < 1.29 is 0 Å². The van der Waals surface area contributed by atoms with E-state index in [9.17, 15) is 0 Å². The van der Waals surface area contributed by atoms with E-state index in [4.69, 9.17) is 10.7 Å². The maximum Gasteiger partial charge on any atom is 0.138 e. The summed E-state index contributed by atoms with van der Waals surface area (Å²) >= 11 is 2.09. The van der Waals surface area contributed by atoms with Crippen LogP contribution in [0.25, 0.3) is 33.5 Å². The predicted octanol–water partition coefficient (Wildman–Crippen LogP) is 5.57. The van der Waals surface area contributed by atoms with Gasteiger partial charge >= 0.3 is 0 Å². The van der Waals surface area contributed by atoms with Crippen LogP contribution in [-0.2, 0) is 0 Å². The Morgan fingerprint density at radius 1 is 0.920 bits per heavy atom. The summed E-state index contributed by atoms with van der Waals surface area (Å²) in [5.41, 5.74) is 12.7. The largest absolute Gasteiger partial charge is 0.397 e. The fraction of sp³-hybridized carbons (Fsp3) is 0. The Morgan fingerprint density at radius 2 is 1.68 bits per heavy atom. The first-order valence-electron chi connectivity index (χ1n) is 7.82. The number of rotatable bonds is 3. The second-order valence-corrected chi connectivity index (χ2v) is 6.24. The number of halogens is 1. The molecular weight excluding hydrogens is 423 g/mol. The molecule has 0 spiro atoms. The minimum Gasteiger partial charge on any atom is -0.397 e. The normalized spacial score (nSPS) is 11.4. The maximum atomic E-state index is 6.10. The summed E-state index contributed by atoms with van der Waals surface area (Å²) in [7, 11) is 0. The second-order valence-electron chi connectivity index (χ2n) is 5.68. The monoisotopic (exact) mass is 438 g/mol. The third kappa shape index (κ3) is 3.15. The van der Waals surface area contributed by atoms with Crippen molar-refractivity contribution in [2.75, 3.05) is 5.73 Å². The van der Waals surface area contributed by atoms with Crippen LogP contribution in [0.1, 0.15) is 0 Å². The Labute approximate surface area is 159 Å². The summed E-state index contributed by atoms with van der Waals surface area (Å²) in [6, 6.07) is 22.2. The number of hydrogen-bond donors (Lipinski definition) is 2. The molecule has 0 aliphatic rings. The molecule has 0 saturated carbocycles. The van der Waals surface area contributed by atoms with Crippen LogP contribution in [0.4, 0.5) is 11.4 Å². The quantitative estimate of drug-likeness (QED) is 0.249. The third-order valence-electron chi connectivity index (χ3n) is 4.08. The van der Waals surface area contributed by atoms with Crippen LogP contribution >= 0.6 is 22.6 Å². The van der Waals surface area contributed by atoms with Gasteiger partial charge in [0.05, 0.1) is 26.6 Å². The number of aromatic nitrogens is 2. The summed E-state index contributed by atoms with van der Waals surface area (Å²) in [6.07, 6.45) is 0. The topological polar surface area (TPSA) is 67.1 Å². The van der Waals surface area contributed by atoms with Gasteiger partial charge in [0.2, 0.25) is 0 Å². The van der Waals surface area contributed by atoms with Gasteiger partial charge in [-0.1, -0.05) is 42.5 Å². The lowest BCUT2D eigenvalue weighted by Crippen LogP contribution is -1.87. The average Bonchev–Trinajstić information content (AvgIpc) is 3.07. The van der Waals surface area contributed by atoms with Crippen LogP contribution in [0.5, 0.6) is 0 Å². The Hall–Kier alpha value is -2.67. The number of aromatic amines is 1. The van der Waals surface area contributed by atoms with Gasteiger partial charge in [0.15, 0.2) is 0 Å². The summed E-state index contributed by atoms with van der Waals surface area (Å²) in [5.74, 6) is 0.874. The number of nitrogen functional groups attached to an aromatic ring is 1. The molecule has 0 unspecified atom stereocenters. The number of nitrogens with one attached hydrogen (secondary N) is 1. The van der Waals surface area contributed by atoms with Gasteiger partial charge in [0.25, 0.3) is 0 Å². The molecule has 0 atom stereocenters. The fourth-order valence-electron chi connectivity index (χ4n) is 2.82. The second kappa shape index (κ2) is 6.68. The molecule has 4 aromatic rings. The molecule has 0 aliphatic heterocycles. The van der Waals surface area contributed by atoms with Crippen molar-refractivity contribution in [3.05, 3.63) is 66.7 Å². The number of fused-ring (bicyclic) bond motifs is 1. The lowest BCUT2D eigenvalue weighted by atomic mass is 10.0. The first-order chi connectivity index (χ1) is 12.2. The molecule has 3 N–H and O–H groups in total. The van der Waals surface area contributed by atoms with Crippen LogP contribution in [0.3, 0.4) is 0 Å². The smallest absolute Gasteiger partial charge is 0.138 e. The van der Waals surface area contributed by atoms with E-state index in [-0.39, 0.29) is 0 Å². The van der Waals surface area contributed by atoms with Crippen molar-refractivity contribution in [2.45, 2.75) is 0 Å². The van der Waals surface area contributed by atoms with Crippen molar-refractivity contribution in [1.82, 2.24) is 9.97 Å². The molecule has 0 aliphatic carbocycles. The van der Waals surface area contributed by atoms with Gasteiger partial charge in [0, 0.05) is 5.56 Å². The average molecular weight is 438 g/mol. The van der Waals surface area contributed by atoms with Gasteiger partial charge in [-0.05, 0) is 58.0 Å². The van der Waals surface area contributed by atoms with E-state index in [2.05, 4.69) is 50.8 Å². The zero-order valence-corrected chi connectivity index (χ0v) is 15.4. The minimum absolute atomic E-state index is 0.664. The highest BCUT2D eigenvalue weighted by Crippen LogP contribution is 2.31. The zero-order chi connectivity index (χ0) is 17.2. The summed E-state index contributed by atoms with van der Waals surface area (Å²) in [6.45, 7) is 0. The van der Waals surface area contributed by atoms with E-state index in [1.54, 1.807) is 4.22 Å². The number of benzene rings is 3. The maximum absolute atomic E-state index is 6.10. The van der Waals surface area contributed by atoms with Crippen molar-refractivity contribution in [3.63, 3.8) is 0 Å². The molecule has 0 radical (unpaired) electrons. The van der Waals surface area contributed by atoms with Crippen molar-refractivity contribution in [2.24, 2.45) is 4.99 Å². The highest BCUT2D eigenvalue weighted by Gasteiger charge is 2.08. The van der Waals surface area contributed by atoms with E-state index < -0.39 is 0 Å². The van der Waals surface area contributed by atoms with Crippen LogP contribution in [0.15, 0.2) is 71.7 Å². The van der Waals surface area contributed by atoms with E-state index in [0.29, 0.717) is 5.69 Å². The molecule has 0 amide bonds. The summed E-state index contributed by atoms with van der Waals surface area (Å²) in [5, 5.41) is 0. The van der Waals surface area contributed by atoms with Gasteiger partial charge in [0.1, 0.15) is 5.82 Å². The van der Waals surface area contributed by atoms with Crippen LogP contribution in [-0.4, -0.2) is 14.2 Å². The third-order valence-corrected chi connectivity index (χ3v) is 4.36. The lowest BCUT2D eigenvalue weighted by molar-refractivity contribution is 1.34. The highest BCUT2D eigenvalue weighted by molar-refractivity contribution is 14.1. The lowest BCUT2D eigenvalue weighted by Gasteiger charge is -2.05.